The molecule has 0 radical (unpaired) electrons. The summed E-state index contributed by atoms with van der Waals surface area (Å²) in [4.78, 5) is 26.9. The normalized spacial score (nSPS) is 19.0. The number of thioether (sulfide) groups is 1. The van der Waals surface area contributed by atoms with E-state index in [1.807, 2.05) is 33.8 Å². The number of rotatable bonds is 4. The van der Waals surface area contributed by atoms with E-state index in [0.29, 0.717) is 28.1 Å². The first kappa shape index (κ1) is 20.4. The van der Waals surface area contributed by atoms with Gasteiger partial charge in [0.2, 0.25) is 11.8 Å². The van der Waals surface area contributed by atoms with E-state index in [4.69, 9.17) is 23.2 Å². The summed E-state index contributed by atoms with van der Waals surface area (Å²) < 4.78 is 0. The lowest BCUT2D eigenvalue weighted by molar-refractivity contribution is -0.144. The van der Waals surface area contributed by atoms with E-state index < -0.39 is 11.5 Å². The molecule has 2 unspecified atom stereocenters. The van der Waals surface area contributed by atoms with Gasteiger partial charge in [0, 0.05) is 27.3 Å². The maximum atomic E-state index is 12.7. The zero-order valence-electron chi connectivity index (χ0n) is 14.9. The molecule has 0 saturated carbocycles. The van der Waals surface area contributed by atoms with Crippen molar-refractivity contribution in [3.63, 3.8) is 0 Å². The van der Waals surface area contributed by atoms with Crippen LogP contribution in [0.3, 0.4) is 0 Å². The summed E-state index contributed by atoms with van der Waals surface area (Å²) in [5.74, 6) is 1.08. The molecule has 0 aromatic heterocycles. The molecule has 1 fully saturated rings. The van der Waals surface area contributed by atoms with Crippen molar-refractivity contribution in [1.82, 2.24) is 10.2 Å². The van der Waals surface area contributed by atoms with Crippen molar-refractivity contribution in [2.45, 2.75) is 46.2 Å². The molecule has 138 valence electrons. The Kier molecular flexibility index (Phi) is 6.68. The van der Waals surface area contributed by atoms with Gasteiger partial charge in [0.25, 0.3) is 0 Å². The minimum absolute atomic E-state index is 0.00560. The number of carbonyl (C=O) groups excluding carboxylic acids is 2. The minimum atomic E-state index is -0.494. The van der Waals surface area contributed by atoms with Crippen LogP contribution in [0, 0.1) is 5.41 Å². The molecule has 7 heteroatoms. The van der Waals surface area contributed by atoms with E-state index in [-0.39, 0.29) is 17.9 Å². The fraction of sp³-hybridized carbons (Fsp3) is 0.556. The summed E-state index contributed by atoms with van der Waals surface area (Å²) in [7, 11) is 0. The summed E-state index contributed by atoms with van der Waals surface area (Å²) in [5.41, 5.74) is 0.439. The van der Waals surface area contributed by atoms with Gasteiger partial charge in [-0.2, -0.15) is 0 Å². The third-order valence-electron chi connectivity index (χ3n) is 4.02. The summed E-state index contributed by atoms with van der Waals surface area (Å²) in [6.07, 6.45) is 0.606. The molecular formula is C18H24Cl2N2O2S. The van der Waals surface area contributed by atoms with Crippen molar-refractivity contribution in [3.05, 3.63) is 33.8 Å². The van der Waals surface area contributed by atoms with Gasteiger partial charge in [-0.25, -0.2) is 0 Å². The van der Waals surface area contributed by atoms with Gasteiger partial charge in [-0.15, -0.1) is 11.8 Å². The van der Waals surface area contributed by atoms with Gasteiger partial charge >= 0.3 is 0 Å². The van der Waals surface area contributed by atoms with E-state index in [2.05, 4.69) is 5.32 Å². The lowest BCUT2D eigenvalue weighted by Gasteiger charge is -2.30. The van der Waals surface area contributed by atoms with Crippen LogP contribution in [-0.4, -0.2) is 40.4 Å². The Morgan fingerprint density at radius 1 is 1.36 bits per heavy atom. The van der Waals surface area contributed by atoms with Crippen LogP contribution in [0.15, 0.2) is 18.2 Å². The van der Waals surface area contributed by atoms with Crippen LogP contribution in [0.1, 0.15) is 33.3 Å². The minimum Gasteiger partial charge on any atom is -0.351 e. The molecule has 0 bridgehead atoms. The van der Waals surface area contributed by atoms with Crippen LogP contribution < -0.4 is 5.32 Å². The van der Waals surface area contributed by atoms with E-state index in [0.717, 1.165) is 5.56 Å². The molecule has 0 aliphatic carbocycles. The number of hydrogen-bond donors (Lipinski definition) is 1. The Hall–Kier alpha value is -0.910. The number of nitrogens with zero attached hydrogens (tertiary/aromatic N) is 1. The van der Waals surface area contributed by atoms with Gasteiger partial charge in [-0.3, -0.25) is 9.59 Å². The number of hydrogen-bond acceptors (Lipinski definition) is 3. The summed E-state index contributed by atoms with van der Waals surface area (Å²) >= 11 is 13.7. The molecule has 0 spiro atoms. The van der Waals surface area contributed by atoms with Crippen LogP contribution in [0.4, 0.5) is 0 Å². The van der Waals surface area contributed by atoms with E-state index in [1.165, 1.54) is 0 Å². The molecular weight excluding hydrogens is 379 g/mol. The van der Waals surface area contributed by atoms with Crippen molar-refractivity contribution in [3.8, 4) is 0 Å². The van der Waals surface area contributed by atoms with Crippen LogP contribution >= 0.6 is 35.0 Å². The monoisotopic (exact) mass is 402 g/mol. The number of amides is 2. The van der Waals surface area contributed by atoms with Gasteiger partial charge < -0.3 is 10.2 Å². The van der Waals surface area contributed by atoms with Crippen molar-refractivity contribution in [1.29, 1.82) is 0 Å². The predicted octanol–water partition coefficient (Wildman–Crippen LogP) is 3.99. The fourth-order valence-electron chi connectivity index (χ4n) is 2.70. The molecule has 1 aliphatic rings. The number of benzene rings is 1. The Bertz CT molecular complexity index is 661. The molecule has 1 N–H and O–H groups in total. The second-order valence-corrected chi connectivity index (χ2v) is 9.23. The number of carbonyl (C=O) groups is 2. The van der Waals surface area contributed by atoms with Crippen molar-refractivity contribution in [2.75, 3.05) is 11.6 Å². The second-order valence-electron chi connectivity index (χ2n) is 7.39. The van der Waals surface area contributed by atoms with Gasteiger partial charge in [-0.05, 0) is 31.0 Å². The molecule has 1 saturated heterocycles. The lowest BCUT2D eigenvalue weighted by atomic mass is 9.94. The highest BCUT2D eigenvalue weighted by Crippen LogP contribution is 2.28. The molecule has 2 atom stereocenters. The first-order valence-corrected chi connectivity index (χ1v) is 10.1. The quantitative estimate of drug-likeness (QED) is 0.827. The smallest absolute Gasteiger partial charge is 0.243 e. The summed E-state index contributed by atoms with van der Waals surface area (Å²) in [5, 5.41) is 4.19. The number of halogens is 2. The van der Waals surface area contributed by atoms with Crippen LogP contribution in [0.25, 0.3) is 0 Å². The molecule has 2 amide bonds. The first-order valence-electron chi connectivity index (χ1n) is 8.22. The van der Waals surface area contributed by atoms with Crippen LogP contribution in [0.5, 0.6) is 0 Å². The SMILES string of the molecule is CC(Cc1ccc(Cl)cc1Cl)NC(=O)C1CSCN1C(=O)C(C)(C)C. The highest BCUT2D eigenvalue weighted by atomic mass is 35.5. The average Bonchev–Trinajstić information content (AvgIpc) is 2.97. The Morgan fingerprint density at radius 2 is 2.04 bits per heavy atom. The fourth-order valence-corrected chi connectivity index (χ4v) is 4.34. The van der Waals surface area contributed by atoms with E-state index >= 15 is 0 Å². The Labute approximate surface area is 163 Å². The molecule has 4 nitrogen and oxygen atoms in total. The maximum absolute atomic E-state index is 12.7. The Balaban J connectivity index is 1.99. The summed E-state index contributed by atoms with van der Waals surface area (Å²) in [6.45, 7) is 7.55. The molecule has 1 aromatic rings. The molecule has 1 heterocycles. The first-order chi connectivity index (χ1) is 11.6. The predicted molar refractivity (Wildman–Crippen MR) is 105 cm³/mol. The second kappa shape index (κ2) is 8.19. The lowest BCUT2D eigenvalue weighted by Crippen LogP contribution is -2.52. The molecule has 2 rings (SSSR count). The molecule has 25 heavy (non-hydrogen) atoms. The van der Waals surface area contributed by atoms with E-state index in [9.17, 15) is 9.59 Å². The molecule has 1 aliphatic heterocycles. The van der Waals surface area contributed by atoms with Crippen molar-refractivity contribution < 1.29 is 9.59 Å². The third-order valence-corrected chi connectivity index (χ3v) is 5.62. The number of nitrogens with one attached hydrogen (secondary N) is 1. The Morgan fingerprint density at radius 3 is 2.64 bits per heavy atom. The topological polar surface area (TPSA) is 49.4 Å². The average molecular weight is 403 g/mol. The largest absolute Gasteiger partial charge is 0.351 e. The summed E-state index contributed by atoms with van der Waals surface area (Å²) in [6, 6.07) is 4.84. The van der Waals surface area contributed by atoms with Gasteiger partial charge in [0.1, 0.15) is 6.04 Å². The zero-order chi connectivity index (χ0) is 18.8. The van der Waals surface area contributed by atoms with Gasteiger partial charge in [-0.1, -0.05) is 50.0 Å². The van der Waals surface area contributed by atoms with Gasteiger partial charge in [0.05, 0.1) is 5.88 Å². The molecule has 1 aromatic carbocycles. The van der Waals surface area contributed by atoms with Crippen molar-refractivity contribution in [2.24, 2.45) is 5.41 Å². The third kappa shape index (κ3) is 5.28. The zero-order valence-corrected chi connectivity index (χ0v) is 17.3. The van der Waals surface area contributed by atoms with Crippen LogP contribution in [-0.2, 0) is 16.0 Å². The van der Waals surface area contributed by atoms with E-state index in [1.54, 1.807) is 28.8 Å². The van der Waals surface area contributed by atoms with Crippen LogP contribution in [0.2, 0.25) is 10.0 Å². The van der Waals surface area contributed by atoms with Crippen molar-refractivity contribution >= 4 is 46.8 Å². The maximum Gasteiger partial charge on any atom is 0.243 e. The standard InChI is InChI=1S/C18H24Cl2N2O2S/c1-11(7-12-5-6-13(19)8-14(12)20)21-16(23)15-9-25-10-22(15)17(24)18(2,3)4/h5-6,8,11,15H,7,9-10H2,1-4H3,(H,21,23). The van der Waals surface area contributed by atoms with Gasteiger partial charge in [0.15, 0.2) is 0 Å². The highest BCUT2D eigenvalue weighted by Gasteiger charge is 2.39. The highest BCUT2D eigenvalue weighted by molar-refractivity contribution is 7.99.